The summed E-state index contributed by atoms with van der Waals surface area (Å²) in [6.45, 7) is 0.337. The maximum absolute atomic E-state index is 13.1. The summed E-state index contributed by atoms with van der Waals surface area (Å²) in [6.07, 6.45) is 1.59. The van der Waals surface area contributed by atoms with Gasteiger partial charge in [0.1, 0.15) is 0 Å². The number of hydrogen-bond acceptors (Lipinski definition) is 5. The molecule has 0 spiro atoms. The standard InChI is InChI=1S/C19H15N5O3/c20-14-8-6-13(7-9-14)12-22-17-5-2-10-21-18(17)23(19(22)25)15-3-1-4-16(11-15)24(26)27/h1-11H,12,20H2. The average molecular weight is 361 g/mol. The molecule has 0 saturated carbocycles. The van der Waals surface area contributed by atoms with Crippen LogP contribution in [0.4, 0.5) is 11.4 Å². The number of nitrogens with two attached hydrogens (primary N) is 1. The minimum absolute atomic E-state index is 0.0882. The molecule has 134 valence electrons. The number of aromatic nitrogens is 3. The first kappa shape index (κ1) is 16.5. The number of nitrogens with zero attached hydrogens (tertiary/aromatic N) is 4. The van der Waals surface area contributed by atoms with Crippen molar-refractivity contribution in [3.8, 4) is 5.69 Å². The molecule has 4 rings (SSSR count). The number of rotatable bonds is 4. The van der Waals surface area contributed by atoms with Crippen molar-refractivity contribution in [3.05, 3.63) is 93.0 Å². The Morgan fingerprint density at radius 3 is 2.59 bits per heavy atom. The van der Waals surface area contributed by atoms with Crippen molar-refractivity contribution >= 4 is 22.5 Å². The fraction of sp³-hybridized carbons (Fsp3) is 0.0526. The van der Waals surface area contributed by atoms with E-state index < -0.39 is 4.92 Å². The van der Waals surface area contributed by atoms with Gasteiger partial charge in [-0.1, -0.05) is 18.2 Å². The second kappa shape index (κ2) is 6.41. The van der Waals surface area contributed by atoms with E-state index in [-0.39, 0.29) is 11.4 Å². The summed E-state index contributed by atoms with van der Waals surface area (Å²) in [6, 6.07) is 16.8. The normalized spacial score (nSPS) is 11.0. The fourth-order valence-electron chi connectivity index (χ4n) is 3.02. The molecular formula is C19H15N5O3. The Balaban J connectivity index is 1.91. The highest BCUT2D eigenvalue weighted by Gasteiger charge is 2.17. The van der Waals surface area contributed by atoms with Gasteiger partial charge in [-0.25, -0.2) is 14.3 Å². The van der Waals surface area contributed by atoms with Gasteiger partial charge in [0.15, 0.2) is 5.65 Å². The van der Waals surface area contributed by atoms with Crippen LogP contribution >= 0.6 is 0 Å². The van der Waals surface area contributed by atoms with Crippen LogP contribution in [0.25, 0.3) is 16.9 Å². The molecule has 2 aromatic carbocycles. The molecule has 4 aromatic rings. The average Bonchev–Trinajstić information content (AvgIpc) is 2.95. The van der Waals surface area contributed by atoms with Crippen LogP contribution in [0.1, 0.15) is 5.56 Å². The van der Waals surface area contributed by atoms with E-state index in [4.69, 9.17) is 5.73 Å². The molecule has 8 heteroatoms. The number of nitro groups is 1. The van der Waals surface area contributed by atoms with E-state index in [1.54, 1.807) is 47.2 Å². The lowest BCUT2D eigenvalue weighted by atomic mass is 10.2. The zero-order chi connectivity index (χ0) is 19.0. The van der Waals surface area contributed by atoms with E-state index in [0.717, 1.165) is 5.56 Å². The summed E-state index contributed by atoms with van der Waals surface area (Å²) < 4.78 is 2.98. The van der Waals surface area contributed by atoms with Crippen LogP contribution in [0.2, 0.25) is 0 Å². The molecule has 0 amide bonds. The molecule has 0 unspecified atom stereocenters. The molecule has 0 bridgehead atoms. The van der Waals surface area contributed by atoms with E-state index in [0.29, 0.717) is 29.1 Å². The molecule has 0 aliphatic carbocycles. The van der Waals surface area contributed by atoms with Crippen molar-refractivity contribution in [1.29, 1.82) is 0 Å². The molecule has 2 heterocycles. The molecule has 2 aromatic heterocycles. The van der Waals surface area contributed by atoms with E-state index in [1.165, 1.54) is 16.7 Å². The molecule has 0 atom stereocenters. The molecule has 2 N–H and O–H groups in total. The van der Waals surface area contributed by atoms with Crippen LogP contribution in [-0.4, -0.2) is 19.0 Å². The molecular weight excluding hydrogens is 346 g/mol. The first-order valence-corrected chi connectivity index (χ1v) is 8.20. The highest BCUT2D eigenvalue weighted by Crippen LogP contribution is 2.20. The molecule has 8 nitrogen and oxygen atoms in total. The Morgan fingerprint density at radius 1 is 1.07 bits per heavy atom. The van der Waals surface area contributed by atoms with Gasteiger partial charge in [-0.3, -0.25) is 14.7 Å². The van der Waals surface area contributed by atoms with Crippen molar-refractivity contribution < 1.29 is 4.92 Å². The summed E-state index contributed by atoms with van der Waals surface area (Å²) in [5.41, 5.74) is 8.35. The number of nitrogen functional groups attached to an aromatic ring is 1. The Morgan fingerprint density at radius 2 is 1.85 bits per heavy atom. The van der Waals surface area contributed by atoms with Crippen molar-refractivity contribution in [1.82, 2.24) is 14.1 Å². The maximum Gasteiger partial charge on any atom is 0.335 e. The summed E-state index contributed by atoms with van der Waals surface area (Å²) in [5.74, 6) is 0. The summed E-state index contributed by atoms with van der Waals surface area (Å²) in [4.78, 5) is 28.1. The van der Waals surface area contributed by atoms with Gasteiger partial charge in [-0.15, -0.1) is 0 Å². The molecule has 0 fully saturated rings. The summed E-state index contributed by atoms with van der Waals surface area (Å²) in [7, 11) is 0. The summed E-state index contributed by atoms with van der Waals surface area (Å²) in [5, 5.41) is 11.1. The minimum Gasteiger partial charge on any atom is -0.399 e. The second-order valence-electron chi connectivity index (χ2n) is 6.07. The Bertz CT molecular complexity index is 1210. The van der Waals surface area contributed by atoms with Crippen LogP contribution in [0.3, 0.4) is 0 Å². The number of hydrogen-bond donors (Lipinski definition) is 1. The molecule has 27 heavy (non-hydrogen) atoms. The minimum atomic E-state index is -0.491. The quantitative estimate of drug-likeness (QED) is 0.341. The maximum atomic E-state index is 13.1. The lowest BCUT2D eigenvalue weighted by Crippen LogP contribution is -2.23. The number of non-ortho nitro benzene ring substituents is 1. The number of anilines is 1. The third-order valence-corrected chi connectivity index (χ3v) is 4.31. The fourth-order valence-corrected chi connectivity index (χ4v) is 3.02. The Kier molecular flexibility index (Phi) is 3.92. The first-order valence-electron chi connectivity index (χ1n) is 8.20. The van der Waals surface area contributed by atoms with Crippen LogP contribution in [-0.2, 0) is 6.54 Å². The van der Waals surface area contributed by atoms with Gasteiger partial charge in [0.2, 0.25) is 0 Å². The Hall–Kier alpha value is -3.94. The van der Waals surface area contributed by atoms with Crippen LogP contribution < -0.4 is 11.4 Å². The highest BCUT2D eigenvalue weighted by molar-refractivity contribution is 5.74. The lowest BCUT2D eigenvalue weighted by Gasteiger charge is -2.04. The van der Waals surface area contributed by atoms with Gasteiger partial charge in [0.05, 0.1) is 22.7 Å². The van der Waals surface area contributed by atoms with Crippen LogP contribution in [0.5, 0.6) is 0 Å². The van der Waals surface area contributed by atoms with Crippen molar-refractivity contribution in [2.75, 3.05) is 5.73 Å². The number of fused-ring (bicyclic) bond motifs is 1. The monoisotopic (exact) mass is 361 g/mol. The number of nitro benzene ring substituents is 1. The predicted octanol–water partition coefficient (Wildman–Crippen LogP) is 2.73. The SMILES string of the molecule is Nc1ccc(Cn2c(=O)n(-c3cccc([N+](=O)[O-])c3)c3ncccc32)cc1. The van der Waals surface area contributed by atoms with Crippen molar-refractivity contribution in [2.45, 2.75) is 6.54 Å². The van der Waals surface area contributed by atoms with Gasteiger partial charge in [-0.05, 0) is 35.9 Å². The second-order valence-corrected chi connectivity index (χ2v) is 6.07. The van der Waals surface area contributed by atoms with E-state index in [2.05, 4.69) is 4.98 Å². The first-order chi connectivity index (χ1) is 13.0. The van der Waals surface area contributed by atoms with Crippen LogP contribution in [0, 0.1) is 10.1 Å². The summed E-state index contributed by atoms with van der Waals surface area (Å²) >= 11 is 0. The van der Waals surface area contributed by atoms with E-state index in [9.17, 15) is 14.9 Å². The number of pyridine rings is 1. The van der Waals surface area contributed by atoms with E-state index in [1.807, 2.05) is 12.1 Å². The Labute approximate surface area is 153 Å². The molecule has 0 aliphatic rings. The topological polar surface area (TPSA) is 109 Å². The van der Waals surface area contributed by atoms with Gasteiger partial charge < -0.3 is 5.73 Å². The highest BCUT2D eigenvalue weighted by atomic mass is 16.6. The van der Waals surface area contributed by atoms with Crippen molar-refractivity contribution in [3.63, 3.8) is 0 Å². The third-order valence-electron chi connectivity index (χ3n) is 4.31. The van der Waals surface area contributed by atoms with Gasteiger partial charge in [0, 0.05) is 24.0 Å². The smallest absolute Gasteiger partial charge is 0.335 e. The zero-order valence-electron chi connectivity index (χ0n) is 14.1. The number of imidazole rings is 1. The third kappa shape index (κ3) is 2.93. The largest absolute Gasteiger partial charge is 0.399 e. The molecule has 0 saturated heterocycles. The zero-order valence-corrected chi connectivity index (χ0v) is 14.1. The van der Waals surface area contributed by atoms with Crippen LogP contribution in [0.15, 0.2) is 71.7 Å². The van der Waals surface area contributed by atoms with Gasteiger partial charge >= 0.3 is 5.69 Å². The lowest BCUT2D eigenvalue weighted by molar-refractivity contribution is -0.384. The van der Waals surface area contributed by atoms with E-state index >= 15 is 0 Å². The molecule has 0 radical (unpaired) electrons. The number of benzene rings is 2. The van der Waals surface area contributed by atoms with Crippen molar-refractivity contribution in [2.24, 2.45) is 0 Å². The molecule has 0 aliphatic heterocycles. The predicted molar refractivity (Wildman–Crippen MR) is 102 cm³/mol. The van der Waals surface area contributed by atoms with Gasteiger partial charge in [-0.2, -0.15) is 0 Å². The van der Waals surface area contributed by atoms with Gasteiger partial charge in [0.25, 0.3) is 5.69 Å².